The van der Waals surface area contributed by atoms with E-state index in [0.29, 0.717) is 5.56 Å². The summed E-state index contributed by atoms with van der Waals surface area (Å²) in [6.07, 6.45) is 1.03. The van der Waals surface area contributed by atoms with E-state index in [9.17, 15) is 4.79 Å². The summed E-state index contributed by atoms with van der Waals surface area (Å²) in [7, 11) is -0.813. The first-order valence-corrected chi connectivity index (χ1v) is 7.40. The van der Waals surface area contributed by atoms with Gasteiger partial charge in [-0.15, -0.1) is 0 Å². The number of benzene rings is 1. The van der Waals surface area contributed by atoms with Crippen LogP contribution in [0.5, 0.6) is 0 Å². The van der Waals surface area contributed by atoms with Crippen LogP contribution in [0.3, 0.4) is 0 Å². The largest absolute Gasteiger partial charge is 0.460 e. The molecule has 0 bridgehead atoms. The molecule has 0 aliphatic heterocycles. The number of hydrogen-bond donors (Lipinski definition) is 0. The third-order valence-electron chi connectivity index (χ3n) is 2.35. The number of carbonyl (C=O) groups excluding carboxylic acids is 1. The molecule has 1 atom stereocenters. The number of ether oxygens (including phenoxy) is 1. The molecule has 0 saturated heterocycles. The average molecular weight is 252 g/mol. The molecule has 0 spiro atoms. The molecule has 1 aromatic carbocycles. The maximum atomic E-state index is 11.8. The standard InChI is InChI=1S/C13H20O3Si/c1-4-12(17-16-10(2)3)15-13(14)11-8-6-5-7-9-11/h5-10,12H,4,17H2,1-3H3. The first-order valence-electron chi connectivity index (χ1n) is 6.01. The maximum absolute atomic E-state index is 11.8. The Morgan fingerprint density at radius 1 is 1.29 bits per heavy atom. The molecule has 0 aliphatic carbocycles. The van der Waals surface area contributed by atoms with Gasteiger partial charge in [-0.3, -0.25) is 0 Å². The fourth-order valence-corrected chi connectivity index (χ4v) is 2.38. The highest BCUT2D eigenvalue weighted by atomic mass is 28.2. The Balaban J connectivity index is 2.48. The van der Waals surface area contributed by atoms with Crippen LogP contribution >= 0.6 is 0 Å². The van der Waals surface area contributed by atoms with Crippen LogP contribution in [0.1, 0.15) is 37.6 Å². The van der Waals surface area contributed by atoms with Gasteiger partial charge in [-0.1, -0.05) is 25.1 Å². The van der Waals surface area contributed by atoms with Gasteiger partial charge in [-0.05, 0) is 32.4 Å². The van der Waals surface area contributed by atoms with E-state index >= 15 is 0 Å². The van der Waals surface area contributed by atoms with Crippen molar-refractivity contribution in [3.8, 4) is 0 Å². The Morgan fingerprint density at radius 2 is 1.94 bits per heavy atom. The number of esters is 1. The van der Waals surface area contributed by atoms with Gasteiger partial charge >= 0.3 is 5.97 Å². The molecular formula is C13H20O3Si. The van der Waals surface area contributed by atoms with Gasteiger partial charge in [0.1, 0.15) is 5.73 Å². The Hall–Kier alpha value is -1.13. The summed E-state index contributed by atoms with van der Waals surface area (Å²) >= 11 is 0. The summed E-state index contributed by atoms with van der Waals surface area (Å²) in [6, 6.07) is 9.07. The SMILES string of the molecule is CCC(OC(=O)c1ccccc1)[SiH2]OC(C)C. The molecule has 3 nitrogen and oxygen atoms in total. The predicted molar refractivity (Wildman–Crippen MR) is 70.7 cm³/mol. The minimum absolute atomic E-state index is 0.0369. The van der Waals surface area contributed by atoms with Gasteiger partial charge in [0, 0.05) is 6.10 Å². The third kappa shape index (κ3) is 5.15. The molecule has 0 aromatic heterocycles. The van der Waals surface area contributed by atoms with Crippen LogP contribution < -0.4 is 0 Å². The quantitative estimate of drug-likeness (QED) is 0.574. The molecule has 1 rings (SSSR count). The smallest absolute Gasteiger partial charge is 0.338 e. The van der Waals surface area contributed by atoms with Gasteiger partial charge in [0.25, 0.3) is 0 Å². The number of carbonyl (C=O) groups is 1. The average Bonchev–Trinajstić information content (AvgIpc) is 2.35. The molecule has 17 heavy (non-hydrogen) atoms. The van der Waals surface area contributed by atoms with Crippen molar-refractivity contribution in [1.29, 1.82) is 0 Å². The van der Waals surface area contributed by atoms with E-state index in [0.717, 1.165) is 6.42 Å². The first kappa shape index (κ1) is 13.9. The summed E-state index contributed by atoms with van der Waals surface area (Å²) in [4.78, 5) is 11.8. The highest BCUT2D eigenvalue weighted by Gasteiger charge is 2.15. The normalized spacial score (nSPS) is 13.2. The highest BCUT2D eigenvalue weighted by Crippen LogP contribution is 2.06. The number of rotatable bonds is 6. The van der Waals surface area contributed by atoms with Gasteiger partial charge in [-0.2, -0.15) is 0 Å². The van der Waals surface area contributed by atoms with Crippen molar-refractivity contribution in [2.45, 2.75) is 39.0 Å². The lowest BCUT2D eigenvalue weighted by Gasteiger charge is -2.17. The molecule has 94 valence electrons. The van der Waals surface area contributed by atoms with Crippen LogP contribution in [0.2, 0.25) is 0 Å². The van der Waals surface area contributed by atoms with E-state index in [-0.39, 0.29) is 17.8 Å². The van der Waals surface area contributed by atoms with E-state index in [1.54, 1.807) is 12.1 Å². The van der Waals surface area contributed by atoms with Crippen LogP contribution in [-0.4, -0.2) is 27.6 Å². The Labute approximate surface area is 105 Å². The summed E-state index contributed by atoms with van der Waals surface area (Å²) in [5, 5.41) is 0. The fourth-order valence-electron chi connectivity index (χ4n) is 1.33. The molecule has 0 radical (unpaired) electrons. The van der Waals surface area contributed by atoms with Crippen LogP contribution in [0.15, 0.2) is 30.3 Å². The van der Waals surface area contributed by atoms with E-state index in [1.807, 2.05) is 39.0 Å². The monoisotopic (exact) mass is 252 g/mol. The lowest BCUT2D eigenvalue weighted by Crippen LogP contribution is -2.27. The van der Waals surface area contributed by atoms with Crippen LogP contribution in [0, 0.1) is 0 Å². The Morgan fingerprint density at radius 3 is 2.47 bits per heavy atom. The van der Waals surface area contributed by atoms with Crippen LogP contribution in [0.25, 0.3) is 0 Å². The van der Waals surface area contributed by atoms with E-state index in [4.69, 9.17) is 9.16 Å². The van der Waals surface area contributed by atoms with Gasteiger partial charge in [0.05, 0.1) is 5.56 Å². The van der Waals surface area contributed by atoms with Crippen molar-refractivity contribution in [3.05, 3.63) is 35.9 Å². The fraction of sp³-hybridized carbons (Fsp3) is 0.462. The minimum atomic E-state index is -0.813. The molecule has 1 unspecified atom stereocenters. The van der Waals surface area contributed by atoms with Gasteiger partial charge in [-0.25, -0.2) is 4.79 Å². The van der Waals surface area contributed by atoms with E-state index in [2.05, 4.69) is 0 Å². The molecular weight excluding hydrogens is 232 g/mol. The van der Waals surface area contributed by atoms with Crippen molar-refractivity contribution in [3.63, 3.8) is 0 Å². The Bertz CT molecular complexity index is 338. The molecule has 1 aromatic rings. The van der Waals surface area contributed by atoms with E-state index < -0.39 is 9.76 Å². The second-order valence-corrected chi connectivity index (χ2v) is 5.76. The Kier molecular flexibility index (Phi) is 5.93. The van der Waals surface area contributed by atoms with Gasteiger partial charge < -0.3 is 9.16 Å². The van der Waals surface area contributed by atoms with Gasteiger partial charge in [0.2, 0.25) is 9.76 Å². The summed E-state index contributed by atoms with van der Waals surface area (Å²) < 4.78 is 11.0. The molecule has 4 heteroatoms. The van der Waals surface area contributed by atoms with Crippen molar-refractivity contribution in [1.82, 2.24) is 0 Å². The second-order valence-electron chi connectivity index (χ2n) is 4.18. The molecule has 0 saturated carbocycles. The lowest BCUT2D eigenvalue weighted by molar-refractivity contribution is 0.0403. The topological polar surface area (TPSA) is 35.5 Å². The molecule has 0 N–H and O–H groups in total. The molecule has 0 aliphatic rings. The predicted octanol–water partition coefficient (Wildman–Crippen LogP) is 2.09. The van der Waals surface area contributed by atoms with Crippen LogP contribution in [-0.2, 0) is 9.16 Å². The van der Waals surface area contributed by atoms with Crippen molar-refractivity contribution >= 4 is 15.7 Å². The molecule has 0 heterocycles. The highest BCUT2D eigenvalue weighted by molar-refractivity contribution is 6.29. The lowest BCUT2D eigenvalue weighted by atomic mass is 10.2. The van der Waals surface area contributed by atoms with Gasteiger partial charge in [0.15, 0.2) is 0 Å². The zero-order valence-corrected chi connectivity index (χ0v) is 12.1. The zero-order valence-electron chi connectivity index (χ0n) is 10.7. The number of hydrogen-bond acceptors (Lipinski definition) is 3. The molecule has 0 fully saturated rings. The minimum Gasteiger partial charge on any atom is -0.460 e. The maximum Gasteiger partial charge on any atom is 0.338 e. The summed E-state index contributed by atoms with van der Waals surface area (Å²) in [5.41, 5.74) is 0.564. The first-order chi connectivity index (χ1) is 8.13. The third-order valence-corrected chi connectivity index (χ3v) is 4.33. The van der Waals surface area contributed by atoms with E-state index in [1.165, 1.54) is 0 Å². The van der Waals surface area contributed by atoms with Crippen molar-refractivity contribution in [2.75, 3.05) is 0 Å². The van der Waals surface area contributed by atoms with Crippen LogP contribution in [0.4, 0.5) is 0 Å². The van der Waals surface area contributed by atoms with Crippen molar-refractivity contribution in [2.24, 2.45) is 0 Å². The summed E-state index contributed by atoms with van der Waals surface area (Å²) in [6.45, 7) is 6.01. The van der Waals surface area contributed by atoms with Crippen molar-refractivity contribution < 1.29 is 14.0 Å². The zero-order chi connectivity index (χ0) is 12.7. The summed E-state index contributed by atoms with van der Waals surface area (Å²) in [5.74, 6) is -0.252. The second kappa shape index (κ2) is 7.24. The molecule has 0 amide bonds.